The maximum Gasteiger partial charge on any atom is 0.416 e. The first-order chi connectivity index (χ1) is 28.0. The van der Waals surface area contributed by atoms with Gasteiger partial charge in [0.2, 0.25) is 5.91 Å². The van der Waals surface area contributed by atoms with Gasteiger partial charge in [0.1, 0.15) is 12.2 Å². The van der Waals surface area contributed by atoms with Gasteiger partial charge in [-0.15, -0.1) is 0 Å². The number of rotatable bonds is 11. The summed E-state index contributed by atoms with van der Waals surface area (Å²) in [5, 5.41) is 9.83. The lowest BCUT2D eigenvalue weighted by Gasteiger charge is -2.46. The number of ether oxygens (including phenoxy) is 2. The van der Waals surface area contributed by atoms with Crippen molar-refractivity contribution in [3.8, 4) is 0 Å². The maximum absolute atomic E-state index is 13.8. The molecule has 3 heterocycles. The van der Waals surface area contributed by atoms with E-state index >= 15 is 0 Å². The van der Waals surface area contributed by atoms with Gasteiger partial charge >= 0.3 is 12.4 Å². The van der Waals surface area contributed by atoms with E-state index in [4.69, 9.17) is 32.7 Å². The van der Waals surface area contributed by atoms with Crippen LogP contribution in [0.3, 0.4) is 0 Å². The van der Waals surface area contributed by atoms with Crippen molar-refractivity contribution in [3.05, 3.63) is 104 Å². The molecule has 0 unspecified atom stereocenters. The number of piperidine rings is 1. The van der Waals surface area contributed by atoms with Crippen molar-refractivity contribution in [2.75, 3.05) is 59.1 Å². The van der Waals surface area contributed by atoms with Gasteiger partial charge in [-0.05, 0) is 111 Å². The zero-order valence-electron chi connectivity index (χ0n) is 32.4. The van der Waals surface area contributed by atoms with E-state index in [0.29, 0.717) is 63.1 Å². The number of fused-ring (bicyclic) bond motifs is 2. The number of aliphatic hydroxyl groups is 1. The van der Waals surface area contributed by atoms with Crippen LogP contribution in [0.2, 0.25) is 10.0 Å². The highest BCUT2D eigenvalue weighted by molar-refractivity contribution is 6.42. The van der Waals surface area contributed by atoms with Crippen LogP contribution in [0.25, 0.3) is 0 Å². The SMILES string of the molecule is O=C(c1cc(C(F)(F)F)cc(C(F)(F)F)c1)N1CCO[C@@](CCN2CCC3(CC2)c2ccccc2C[C@@H]3OCC(=O)N2CCC[C@@H]2CCCO)(c2ccc(Cl)c(Cl)c2)C1. The average molecular weight is 871 g/mol. The Morgan fingerprint density at radius 3 is 2.29 bits per heavy atom. The van der Waals surface area contributed by atoms with Gasteiger partial charge in [-0.1, -0.05) is 53.5 Å². The molecule has 3 fully saturated rings. The molecule has 1 aliphatic carbocycles. The second-order valence-corrected chi connectivity index (χ2v) is 17.0. The molecule has 0 aromatic heterocycles. The summed E-state index contributed by atoms with van der Waals surface area (Å²) in [5.74, 6) is -1.01. The van der Waals surface area contributed by atoms with Gasteiger partial charge in [-0.25, -0.2) is 0 Å². The number of nitrogens with zero attached hydrogens (tertiary/aromatic N) is 3. The first-order valence-corrected chi connectivity index (χ1v) is 20.8. The van der Waals surface area contributed by atoms with E-state index in [9.17, 15) is 41.0 Å². The van der Waals surface area contributed by atoms with Crippen molar-refractivity contribution in [1.82, 2.24) is 14.7 Å². The number of amides is 2. The van der Waals surface area contributed by atoms with E-state index in [1.807, 2.05) is 17.0 Å². The minimum Gasteiger partial charge on any atom is -0.396 e. The first kappa shape index (κ1) is 43.7. The molecule has 1 N–H and O–H groups in total. The Kier molecular flexibility index (Phi) is 13.0. The predicted molar refractivity (Wildman–Crippen MR) is 209 cm³/mol. The number of benzene rings is 3. The molecule has 3 saturated heterocycles. The van der Waals surface area contributed by atoms with Crippen LogP contribution < -0.4 is 0 Å². The summed E-state index contributed by atoms with van der Waals surface area (Å²) in [7, 11) is 0. The normalized spacial score (nSPS) is 23.5. The molecule has 59 heavy (non-hydrogen) atoms. The van der Waals surface area contributed by atoms with Crippen molar-refractivity contribution in [3.63, 3.8) is 0 Å². The molecule has 8 nitrogen and oxygen atoms in total. The van der Waals surface area contributed by atoms with E-state index in [2.05, 4.69) is 17.0 Å². The maximum atomic E-state index is 13.8. The molecule has 3 aromatic carbocycles. The third-order valence-corrected chi connectivity index (χ3v) is 13.4. The summed E-state index contributed by atoms with van der Waals surface area (Å²) < 4.78 is 95.4. The van der Waals surface area contributed by atoms with Crippen LogP contribution in [0.15, 0.2) is 60.7 Å². The summed E-state index contributed by atoms with van der Waals surface area (Å²) in [6.45, 7) is 2.33. The average Bonchev–Trinajstić information content (AvgIpc) is 3.81. The van der Waals surface area contributed by atoms with Crippen LogP contribution in [-0.2, 0) is 44.1 Å². The highest BCUT2D eigenvalue weighted by Gasteiger charge is 2.50. The summed E-state index contributed by atoms with van der Waals surface area (Å²) in [4.78, 5) is 32.7. The van der Waals surface area contributed by atoms with E-state index in [-0.39, 0.29) is 72.5 Å². The van der Waals surface area contributed by atoms with Crippen LogP contribution in [0.4, 0.5) is 26.3 Å². The number of hydrogen-bond donors (Lipinski definition) is 1. The molecule has 16 heteroatoms. The van der Waals surface area contributed by atoms with Crippen LogP contribution in [-0.4, -0.2) is 103 Å². The Morgan fingerprint density at radius 2 is 1.61 bits per heavy atom. The van der Waals surface area contributed by atoms with Gasteiger partial charge < -0.3 is 29.3 Å². The molecule has 1 spiro atoms. The Hall–Kier alpha value is -3.40. The van der Waals surface area contributed by atoms with Crippen molar-refractivity contribution in [1.29, 1.82) is 0 Å². The topological polar surface area (TPSA) is 82.6 Å². The van der Waals surface area contributed by atoms with Crippen LogP contribution in [0, 0.1) is 0 Å². The molecule has 3 aliphatic heterocycles. The molecule has 0 radical (unpaired) electrons. The zero-order valence-corrected chi connectivity index (χ0v) is 33.9. The van der Waals surface area contributed by atoms with Crippen molar-refractivity contribution >= 4 is 35.0 Å². The third kappa shape index (κ3) is 9.28. The highest BCUT2D eigenvalue weighted by Crippen LogP contribution is 2.48. The highest BCUT2D eigenvalue weighted by atomic mass is 35.5. The van der Waals surface area contributed by atoms with Crippen LogP contribution in [0.1, 0.15) is 83.1 Å². The molecule has 0 saturated carbocycles. The third-order valence-electron chi connectivity index (χ3n) is 12.7. The molecule has 4 aliphatic rings. The van der Waals surface area contributed by atoms with E-state index in [0.717, 1.165) is 32.1 Å². The molecular formula is C43H47Cl2F6N3O5. The number of alkyl halides is 6. The van der Waals surface area contributed by atoms with Crippen molar-refractivity contribution in [2.24, 2.45) is 0 Å². The number of halogens is 8. The van der Waals surface area contributed by atoms with Crippen LogP contribution in [0.5, 0.6) is 0 Å². The quantitative estimate of drug-likeness (QED) is 0.195. The monoisotopic (exact) mass is 869 g/mol. The zero-order chi connectivity index (χ0) is 42.2. The lowest BCUT2D eigenvalue weighted by Crippen LogP contribution is -2.54. The number of aliphatic hydroxyl groups excluding tert-OH is 1. The standard InChI is InChI=1S/C43H47Cl2F6N3O5/c44-35-10-9-30(25-36(35)45)41(27-53(18-20-59-41)39(57)29-21-31(42(46,47)48)24-32(22-29)43(49,50)51)13-17-52-15-11-40(12-16-52)34-8-2-1-5-28(34)23-37(40)58-26-38(56)54-14-3-6-33(54)7-4-19-55/h1-2,5,8-10,21-22,24-25,33,37,55H,3-4,6-7,11-20,23,26-27H2/t33-,37+,41-/m1/s1. The Morgan fingerprint density at radius 1 is 0.898 bits per heavy atom. The predicted octanol–water partition coefficient (Wildman–Crippen LogP) is 8.53. The van der Waals surface area contributed by atoms with Crippen molar-refractivity contribution in [2.45, 2.75) is 86.9 Å². The second kappa shape index (κ2) is 17.5. The minimum atomic E-state index is -5.11. The summed E-state index contributed by atoms with van der Waals surface area (Å²) in [6, 6.07) is 14.2. The summed E-state index contributed by atoms with van der Waals surface area (Å²) in [6.07, 6.45) is -4.67. The summed E-state index contributed by atoms with van der Waals surface area (Å²) >= 11 is 12.7. The van der Waals surface area contributed by atoms with Gasteiger partial charge in [0.25, 0.3) is 5.91 Å². The smallest absolute Gasteiger partial charge is 0.396 e. The number of carbonyl (C=O) groups is 2. The molecular weight excluding hydrogens is 823 g/mol. The van der Waals surface area contributed by atoms with Gasteiger partial charge in [-0.3, -0.25) is 9.59 Å². The summed E-state index contributed by atoms with van der Waals surface area (Å²) in [5.41, 5.74) is -2.42. The van der Waals surface area contributed by atoms with E-state index in [1.54, 1.807) is 18.2 Å². The minimum absolute atomic E-state index is 0.00203. The molecule has 320 valence electrons. The fraction of sp³-hybridized carbons (Fsp3) is 0.535. The lowest BCUT2D eigenvalue weighted by molar-refractivity contribution is -0.143. The molecule has 0 bridgehead atoms. The molecule has 3 atom stereocenters. The van der Waals surface area contributed by atoms with Gasteiger partial charge in [0.15, 0.2) is 0 Å². The van der Waals surface area contributed by atoms with Gasteiger partial charge in [-0.2, -0.15) is 26.3 Å². The fourth-order valence-electron chi connectivity index (χ4n) is 9.59. The van der Waals surface area contributed by atoms with Crippen molar-refractivity contribution < 1.29 is 50.5 Å². The number of carbonyl (C=O) groups excluding carboxylic acids is 2. The fourth-order valence-corrected chi connectivity index (χ4v) is 9.89. The number of morpholine rings is 1. The second-order valence-electron chi connectivity index (χ2n) is 16.2. The number of hydrogen-bond acceptors (Lipinski definition) is 6. The van der Waals surface area contributed by atoms with Gasteiger partial charge in [0, 0.05) is 43.3 Å². The Labute approximate surface area is 349 Å². The van der Waals surface area contributed by atoms with Crippen LogP contribution >= 0.6 is 23.2 Å². The Balaban J connectivity index is 1.08. The van der Waals surface area contributed by atoms with E-state index < -0.39 is 40.6 Å². The lowest BCUT2D eigenvalue weighted by atomic mass is 9.72. The molecule has 3 aromatic rings. The van der Waals surface area contributed by atoms with E-state index in [1.165, 1.54) is 16.0 Å². The molecule has 2 amide bonds. The molecule has 7 rings (SSSR count). The largest absolute Gasteiger partial charge is 0.416 e. The first-order valence-electron chi connectivity index (χ1n) is 20.0. The number of likely N-dealkylation sites (tertiary alicyclic amines) is 2. The van der Waals surface area contributed by atoms with Gasteiger partial charge in [0.05, 0.1) is 40.4 Å². The Bertz CT molecular complexity index is 1980.